The van der Waals surface area contributed by atoms with Gasteiger partial charge in [0.25, 0.3) is 0 Å². The Labute approximate surface area is 81.5 Å². The first-order valence-electron chi connectivity index (χ1n) is 4.84. The molecular formula is C12H18O. The summed E-state index contributed by atoms with van der Waals surface area (Å²) in [5.41, 5.74) is -0.876. The average molecular weight is 178 g/mol. The van der Waals surface area contributed by atoms with Crippen molar-refractivity contribution in [2.24, 2.45) is 0 Å². The first-order chi connectivity index (χ1) is 6.12. The van der Waals surface area contributed by atoms with E-state index in [2.05, 4.69) is 30.6 Å². The molecule has 0 aliphatic carbocycles. The standard InChI is InChI=1S/C12H18O/c1-4-6-7-8-9-10-11-12(3,13)5-2/h13H,4-7H2,1-3H3. The predicted octanol–water partition coefficient (Wildman–Crippen LogP) is 2.34. The van der Waals surface area contributed by atoms with Crippen LogP contribution in [0.25, 0.3) is 0 Å². The summed E-state index contributed by atoms with van der Waals surface area (Å²) in [6, 6.07) is 0. The molecule has 72 valence electrons. The van der Waals surface area contributed by atoms with Gasteiger partial charge in [-0.1, -0.05) is 32.1 Å². The van der Waals surface area contributed by atoms with Crippen molar-refractivity contribution in [1.82, 2.24) is 0 Å². The van der Waals surface area contributed by atoms with E-state index in [0.29, 0.717) is 6.42 Å². The van der Waals surface area contributed by atoms with E-state index in [9.17, 15) is 5.11 Å². The zero-order valence-corrected chi connectivity index (χ0v) is 8.78. The van der Waals surface area contributed by atoms with E-state index in [1.165, 1.54) is 0 Å². The van der Waals surface area contributed by atoms with Crippen LogP contribution in [0.4, 0.5) is 0 Å². The van der Waals surface area contributed by atoms with Crippen molar-refractivity contribution in [2.75, 3.05) is 0 Å². The molecule has 0 aromatic rings. The van der Waals surface area contributed by atoms with E-state index >= 15 is 0 Å². The summed E-state index contributed by atoms with van der Waals surface area (Å²) in [4.78, 5) is 0. The molecule has 13 heavy (non-hydrogen) atoms. The number of aliphatic hydroxyl groups is 1. The third-order valence-corrected chi connectivity index (χ3v) is 1.83. The van der Waals surface area contributed by atoms with Crippen LogP contribution in [-0.2, 0) is 0 Å². The molecule has 0 saturated carbocycles. The molecule has 0 aliphatic rings. The predicted molar refractivity (Wildman–Crippen MR) is 56.0 cm³/mol. The molecule has 0 aliphatic heterocycles. The lowest BCUT2D eigenvalue weighted by molar-refractivity contribution is 0.118. The van der Waals surface area contributed by atoms with Gasteiger partial charge in [-0.25, -0.2) is 0 Å². The van der Waals surface area contributed by atoms with Gasteiger partial charge in [0.1, 0.15) is 5.60 Å². The fraction of sp³-hybridized carbons (Fsp3) is 0.667. The number of rotatable bonds is 3. The topological polar surface area (TPSA) is 20.2 Å². The molecule has 1 atom stereocenters. The molecule has 0 spiro atoms. The Hall–Kier alpha value is -0.920. The summed E-state index contributed by atoms with van der Waals surface area (Å²) >= 11 is 0. The fourth-order valence-corrected chi connectivity index (χ4v) is 0.626. The van der Waals surface area contributed by atoms with E-state index in [1.807, 2.05) is 6.92 Å². The second-order valence-corrected chi connectivity index (χ2v) is 3.28. The van der Waals surface area contributed by atoms with Crippen molar-refractivity contribution in [3.05, 3.63) is 0 Å². The smallest absolute Gasteiger partial charge is 0.123 e. The Bertz CT molecular complexity index is 242. The Morgan fingerprint density at radius 3 is 2.46 bits per heavy atom. The first kappa shape index (κ1) is 12.1. The molecular weight excluding hydrogens is 160 g/mol. The Morgan fingerprint density at radius 2 is 1.92 bits per heavy atom. The van der Waals surface area contributed by atoms with Gasteiger partial charge in [0.2, 0.25) is 0 Å². The van der Waals surface area contributed by atoms with Gasteiger partial charge in [-0.3, -0.25) is 0 Å². The zero-order valence-electron chi connectivity index (χ0n) is 8.78. The van der Waals surface area contributed by atoms with E-state index in [0.717, 1.165) is 19.3 Å². The lowest BCUT2D eigenvalue weighted by Crippen LogP contribution is -2.19. The lowest BCUT2D eigenvalue weighted by Gasteiger charge is -2.10. The van der Waals surface area contributed by atoms with Crippen LogP contribution in [0.5, 0.6) is 0 Å². The molecule has 0 fully saturated rings. The largest absolute Gasteiger partial charge is 0.378 e. The normalized spacial score (nSPS) is 13.2. The van der Waals surface area contributed by atoms with E-state index in [-0.39, 0.29) is 0 Å². The molecule has 0 amide bonds. The molecule has 1 N–H and O–H groups in total. The Morgan fingerprint density at radius 1 is 1.23 bits per heavy atom. The number of unbranched alkanes of at least 4 members (excludes halogenated alkanes) is 2. The Balaban J connectivity index is 3.88. The van der Waals surface area contributed by atoms with Gasteiger partial charge in [-0.15, -0.1) is 0 Å². The minimum atomic E-state index is -0.876. The second kappa shape index (κ2) is 6.58. The molecule has 0 saturated heterocycles. The van der Waals surface area contributed by atoms with Gasteiger partial charge in [0.05, 0.1) is 0 Å². The maximum absolute atomic E-state index is 9.48. The van der Waals surface area contributed by atoms with Crippen molar-refractivity contribution in [2.45, 2.75) is 52.1 Å². The third-order valence-electron chi connectivity index (χ3n) is 1.83. The number of hydrogen-bond acceptors (Lipinski definition) is 1. The molecule has 1 unspecified atom stereocenters. The monoisotopic (exact) mass is 178 g/mol. The minimum absolute atomic E-state index is 0.636. The van der Waals surface area contributed by atoms with Crippen LogP contribution in [0.2, 0.25) is 0 Å². The molecule has 0 aromatic heterocycles. The summed E-state index contributed by atoms with van der Waals surface area (Å²) in [6.07, 6.45) is 3.82. The van der Waals surface area contributed by atoms with Crippen LogP contribution in [0, 0.1) is 23.7 Å². The summed E-state index contributed by atoms with van der Waals surface area (Å²) < 4.78 is 0. The van der Waals surface area contributed by atoms with Crippen molar-refractivity contribution in [1.29, 1.82) is 0 Å². The van der Waals surface area contributed by atoms with Crippen LogP contribution in [0.3, 0.4) is 0 Å². The molecule has 0 heterocycles. The minimum Gasteiger partial charge on any atom is -0.378 e. The van der Waals surface area contributed by atoms with Gasteiger partial charge in [0, 0.05) is 6.42 Å². The van der Waals surface area contributed by atoms with Gasteiger partial charge >= 0.3 is 0 Å². The van der Waals surface area contributed by atoms with E-state index < -0.39 is 5.60 Å². The SMILES string of the molecule is CCCCC#CC#CC(C)(O)CC. The number of hydrogen-bond donors (Lipinski definition) is 1. The van der Waals surface area contributed by atoms with Crippen molar-refractivity contribution < 1.29 is 5.11 Å². The van der Waals surface area contributed by atoms with E-state index in [4.69, 9.17) is 0 Å². The van der Waals surface area contributed by atoms with Crippen molar-refractivity contribution in [3.63, 3.8) is 0 Å². The molecule has 1 heteroatoms. The van der Waals surface area contributed by atoms with Crippen LogP contribution >= 0.6 is 0 Å². The average Bonchev–Trinajstić information content (AvgIpc) is 2.11. The molecule has 0 radical (unpaired) electrons. The highest BCUT2D eigenvalue weighted by molar-refractivity contribution is 5.29. The maximum atomic E-state index is 9.48. The quantitative estimate of drug-likeness (QED) is 0.519. The summed E-state index contributed by atoms with van der Waals surface area (Å²) in [6.45, 7) is 5.74. The molecule has 0 aromatic carbocycles. The van der Waals surface area contributed by atoms with Crippen LogP contribution in [-0.4, -0.2) is 10.7 Å². The van der Waals surface area contributed by atoms with Crippen LogP contribution in [0.1, 0.15) is 46.5 Å². The highest BCUT2D eigenvalue weighted by Crippen LogP contribution is 2.04. The van der Waals surface area contributed by atoms with Crippen LogP contribution < -0.4 is 0 Å². The van der Waals surface area contributed by atoms with Gasteiger partial charge in [0.15, 0.2) is 0 Å². The first-order valence-corrected chi connectivity index (χ1v) is 4.84. The summed E-state index contributed by atoms with van der Waals surface area (Å²) in [7, 11) is 0. The summed E-state index contributed by atoms with van der Waals surface area (Å²) in [5, 5.41) is 9.48. The summed E-state index contributed by atoms with van der Waals surface area (Å²) in [5.74, 6) is 11.1. The Kier molecular flexibility index (Phi) is 6.11. The zero-order chi connectivity index (χ0) is 10.2. The van der Waals surface area contributed by atoms with Crippen molar-refractivity contribution >= 4 is 0 Å². The highest BCUT2D eigenvalue weighted by atomic mass is 16.3. The fourth-order valence-electron chi connectivity index (χ4n) is 0.626. The van der Waals surface area contributed by atoms with Gasteiger partial charge in [-0.2, -0.15) is 0 Å². The lowest BCUT2D eigenvalue weighted by atomic mass is 10.1. The molecule has 1 nitrogen and oxygen atoms in total. The van der Waals surface area contributed by atoms with Crippen LogP contribution in [0.15, 0.2) is 0 Å². The highest BCUT2D eigenvalue weighted by Gasteiger charge is 2.11. The maximum Gasteiger partial charge on any atom is 0.123 e. The van der Waals surface area contributed by atoms with Gasteiger partial charge < -0.3 is 5.11 Å². The van der Waals surface area contributed by atoms with Crippen molar-refractivity contribution in [3.8, 4) is 23.7 Å². The molecule has 0 rings (SSSR count). The second-order valence-electron chi connectivity index (χ2n) is 3.28. The third kappa shape index (κ3) is 7.44. The van der Waals surface area contributed by atoms with Gasteiger partial charge in [-0.05, 0) is 31.6 Å². The van der Waals surface area contributed by atoms with E-state index in [1.54, 1.807) is 6.92 Å². The molecule has 0 bridgehead atoms.